The molecule has 0 bridgehead atoms. The van der Waals surface area contributed by atoms with Crippen LogP contribution in [0, 0.1) is 11.8 Å². The normalized spacial score (nSPS) is 18.6. The van der Waals surface area contributed by atoms with Crippen LogP contribution in [0.1, 0.15) is 101 Å². The number of aliphatic hydroxyl groups is 2. The molecule has 1 atom stereocenters. The number of carbonyl (C=O) groups is 1. The van der Waals surface area contributed by atoms with Crippen molar-refractivity contribution < 1.29 is 19.7 Å². The standard InChI is InChI=1S/C33H48O4/c1-3-4-5-6-7-8-26-11-14-32-23-31(16-15-30(32)22-26)29-12-9-27(10-13-29)21-28(17-19-34)18-20-37-33(36)25(2)24-35/h11,14-16,22-23,27-29,34-35H,2-10,12-13,17-21,24H2,1H3. The Morgan fingerprint density at radius 1 is 0.973 bits per heavy atom. The second kappa shape index (κ2) is 15.9. The molecule has 204 valence electrons. The number of aliphatic hydroxyl groups excluding tert-OH is 2. The second-order valence-corrected chi connectivity index (χ2v) is 11.1. The number of fused-ring (bicyclic) bond motifs is 1. The highest BCUT2D eigenvalue weighted by Crippen LogP contribution is 2.39. The van der Waals surface area contributed by atoms with Gasteiger partial charge in [-0.2, -0.15) is 0 Å². The van der Waals surface area contributed by atoms with Crippen molar-refractivity contribution in [2.75, 3.05) is 19.8 Å². The maximum atomic E-state index is 11.7. The van der Waals surface area contributed by atoms with Crippen LogP contribution in [0.25, 0.3) is 10.8 Å². The molecule has 37 heavy (non-hydrogen) atoms. The van der Waals surface area contributed by atoms with Gasteiger partial charge < -0.3 is 14.9 Å². The van der Waals surface area contributed by atoms with Gasteiger partial charge >= 0.3 is 5.97 Å². The monoisotopic (exact) mass is 508 g/mol. The number of hydrogen-bond acceptors (Lipinski definition) is 4. The summed E-state index contributed by atoms with van der Waals surface area (Å²) in [6.07, 6.45) is 15.2. The molecule has 0 heterocycles. The summed E-state index contributed by atoms with van der Waals surface area (Å²) >= 11 is 0. The zero-order valence-electron chi connectivity index (χ0n) is 22.9. The summed E-state index contributed by atoms with van der Waals surface area (Å²) in [7, 11) is 0. The van der Waals surface area contributed by atoms with E-state index in [0.29, 0.717) is 24.4 Å². The van der Waals surface area contributed by atoms with Crippen molar-refractivity contribution in [2.24, 2.45) is 11.8 Å². The van der Waals surface area contributed by atoms with Gasteiger partial charge in [-0.05, 0) is 97.4 Å². The first kappa shape index (κ1) is 29.4. The first-order valence-electron chi connectivity index (χ1n) is 14.6. The smallest absolute Gasteiger partial charge is 0.335 e. The minimum absolute atomic E-state index is 0.0870. The molecular weight excluding hydrogens is 460 g/mol. The number of rotatable bonds is 16. The number of hydrogen-bond donors (Lipinski definition) is 2. The Morgan fingerprint density at radius 3 is 2.43 bits per heavy atom. The molecule has 0 aliphatic heterocycles. The third-order valence-electron chi connectivity index (χ3n) is 8.26. The zero-order chi connectivity index (χ0) is 26.5. The number of unbranched alkanes of at least 4 members (excludes halogenated alkanes) is 4. The molecule has 1 unspecified atom stereocenters. The van der Waals surface area contributed by atoms with Gasteiger partial charge in [-0.3, -0.25) is 0 Å². The van der Waals surface area contributed by atoms with E-state index in [0.717, 1.165) is 19.3 Å². The number of benzene rings is 2. The van der Waals surface area contributed by atoms with Crippen LogP contribution in [-0.2, 0) is 16.0 Å². The maximum absolute atomic E-state index is 11.7. The maximum Gasteiger partial charge on any atom is 0.335 e. The molecule has 2 aromatic rings. The third-order valence-corrected chi connectivity index (χ3v) is 8.26. The van der Waals surface area contributed by atoms with Gasteiger partial charge in [0.05, 0.1) is 18.8 Å². The van der Waals surface area contributed by atoms with Crippen molar-refractivity contribution in [3.8, 4) is 0 Å². The molecule has 1 saturated carbocycles. The van der Waals surface area contributed by atoms with Crippen molar-refractivity contribution in [3.63, 3.8) is 0 Å². The summed E-state index contributed by atoms with van der Waals surface area (Å²) in [5, 5.41) is 21.2. The van der Waals surface area contributed by atoms with E-state index in [1.165, 1.54) is 86.1 Å². The van der Waals surface area contributed by atoms with Gasteiger partial charge in [0.15, 0.2) is 0 Å². The van der Waals surface area contributed by atoms with Crippen LogP contribution < -0.4 is 0 Å². The average molecular weight is 509 g/mol. The molecule has 0 amide bonds. The van der Waals surface area contributed by atoms with E-state index in [2.05, 4.69) is 49.9 Å². The molecule has 4 nitrogen and oxygen atoms in total. The van der Waals surface area contributed by atoms with Crippen LogP contribution in [0.15, 0.2) is 48.6 Å². The minimum Gasteiger partial charge on any atom is -0.462 e. The average Bonchev–Trinajstić information content (AvgIpc) is 2.92. The Labute approximate surface area is 224 Å². The summed E-state index contributed by atoms with van der Waals surface area (Å²) in [4.78, 5) is 11.7. The number of esters is 1. The SMILES string of the molecule is C=C(CO)C(=O)OCCC(CCO)CC1CCC(c2ccc3cc(CCCCCCC)ccc3c2)CC1. The lowest BCUT2D eigenvalue weighted by Crippen LogP contribution is -2.19. The predicted molar refractivity (Wildman–Crippen MR) is 153 cm³/mol. The van der Waals surface area contributed by atoms with E-state index in [-0.39, 0.29) is 18.8 Å². The summed E-state index contributed by atoms with van der Waals surface area (Å²) in [6, 6.07) is 14.1. The molecule has 1 aliphatic rings. The lowest BCUT2D eigenvalue weighted by molar-refractivity contribution is -0.139. The minimum atomic E-state index is -0.528. The Hall–Kier alpha value is -2.17. The highest BCUT2D eigenvalue weighted by molar-refractivity contribution is 5.87. The molecule has 1 aliphatic carbocycles. The van der Waals surface area contributed by atoms with E-state index < -0.39 is 5.97 Å². The summed E-state index contributed by atoms with van der Waals surface area (Å²) in [6.45, 7) is 5.87. The molecule has 2 N–H and O–H groups in total. The van der Waals surface area contributed by atoms with Crippen molar-refractivity contribution in [1.29, 1.82) is 0 Å². The van der Waals surface area contributed by atoms with Crippen molar-refractivity contribution in [3.05, 3.63) is 59.7 Å². The van der Waals surface area contributed by atoms with E-state index in [1.807, 2.05) is 0 Å². The lowest BCUT2D eigenvalue weighted by Gasteiger charge is -2.31. The lowest BCUT2D eigenvalue weighted by atomic mass is 9.75. The van der Waals surface area contributed by atoms with Gasteiger partial charge in [0.2, 0.25) is 0 Å². The van der Waals surface area contributed by atoms with Crippen LogP contribution in [-0.4, -0.2) is 36.0 Å². The molecule has 4 heteroatoms. The van der Waals surface area contributed by atoms with E-state index >= 15 is 0 Å². The summed E-state index contributed by atoms with van der Waals surface area (Å²) in [5.74, 6) is 1.11. The van der Waals surface area contributed by atoms with Crippen molar-refractivity contribution in [2.45, 2.75) is 96.3 Å². The second-order valence-electron chi connectivity index (χ2n) is 11.1. The zero-order valence-corrected chi connectivity index (χ0v) is 22.9. The van der Waals surface area contributed by atoms with Crippen molar-refractivity contribution in [1.82, 2.24) is 0 Å². The Balaban J connectivity index is 1.46. The fraction of sp³-hybridized carbons (Fsp3) is 0.606. The Kier molecular flexibility index (Phi) is 12.7. The molecule has 2 aromatic carbocycles. The van der Waals surface area contributed by atoms with Gasteiger partial charge in [-0.15, -0.1) is 0 Å². The van der Waals surface area contributed by atoms with Crippen molar-refractivity contribution >= 4 is 16.7 Å². The van der Waals surface area contributed by atoms with Gasteiger partial charge in [0, 0.05) is 6.61 Å². The molecular formula is C33H48O4. The first-order valence-corrected chi connectivity index (χ1v) is 14.6. The van der Waals surface area contributed by atoms with Gasteiger partial charge in [-0.1, -0.05) is 75.6 Å². The first-order chi connectivity index (χ1) is 18.0. The largest absolute Gasteiger partial charge is 0.462 e. The summed E-state index contributed by atoms with van der Waals surface area (Å²) < 4.78 is 5.23. The van der Waals surface area contributed by atoms with Crippen LogP contribution >= 0.6 is 0 Å². The van der Waals surface area contributed by atoms with E-state index in [4.69, 9.17) is 9.84 Å². The molecule has 0 radical (unpaired) electrons. The summed E-state index contributed by atoms with van der Waals surface area (Å²) in [5.41, 5.74) is 3.02. The van der Waals surface area contributed by atoms with Crippen LogP contribution in [0.4, 0.5) is 0 Å². The van der Waals surface area contributed by atoms with Gasteiger partial charge in [0.25, 0.3) is 0 Å². The molecule has 0 saturated heterocycles. The Bertz CT molecular complexity index is 973. The predicted octanol–water partition coefficient (Wildman–Crippen LogP) is 7.50. The van der Waals surface area contributed by atoms with Gasteiger partial charge in [0.1, 0.15) is 0 Å². The number of carbonyl (C=O) groups excluding carboxylic acids is 1. The van der Waals surface area contributed by atoms with Crippen LogP contribution in [0.5, 0.6) is 0 Å². The van der Waals surface area contributed by atoms with E-state index in [9.17, 15) is 9.90 Å². The quantitative estimate of drug-likeness (QED) is 0.140. The molecule has 3 rings (SSSR count). The number of aryl methyl sites for hydroxylation is 1. The Morgan fingerprint density at radius 2 is 1.70 bits per heavy atom. The molecule has 1 fully saturated rings. The number of ether oxygens (including phenoxy) is 1. The van der Waals surface area contributed by atoms with Gasteiger partial charge in [-0.25, -0.2) is 4.79 Å². The molecule has 0 spiro atoms. The highest BCUT2D eigenvalue weighted by Gasteiger charge is 2.25. The van der Waals surface area contributed by atoms with E-state index in [1.54, 1.807) is 0 Å². The van der Waals surface area contributed by atoms with Crippen LogP contribution in [0.3, 0.4) is 0 Å². The van der Waals surface area contributed by atoms with Crippen LogP contribution in [0.2, 0.25) is 0 Å². The highest BCUT2D eigenvalue weighted by atomic mass is 16.5. The fourth-order valence-corrected chi connectivity index (χ4v) is 5.91. The third kappa shape index (κ3) is 9.57. The topological polar surface area (TPSA) is 66.8 Å². The fourth-order valence-electron chi connectivity index (χ4n) is 5.91. The molecule has 0 aromatic heterocycles.